The summed E-state index contributed by atoms with van der Waals surface area (Å²) >= 11 is 5.33. The molecule has 1 aromatic heterocycles. The Morgan fingerprint density at radius 1 is 1.24 bits per heavy atom. The molecule has 2 rings (SSSR count). The van der Waals surface area contributed by atoms with E-state index >= 15 is 0 Å². The molecule has 0 atom stereocenters. The van der Waals surface area contributed by atoms with Gasteiger partial charge in [0, 0.05) is 32.7 Å². The fraction of sp³-hybridized carbons (Fsp3) is 0.154. The number of aromatic nitrogens is 1. The topological polar surface area (TPSA) is 38.9 Å². The first-order valence-corrected chi connectivity index (χ1v) is 7.11. The Morgan fingerprint density at radius 2 is 2.12 bits per heavy atom. The molecule has 0 aliphatic carbocycles. The number of pyridine rings is 1. The number of anilines is 1. The summed E-state index contributed by atoms with van der Waals surface area (Å²) in [6.07, 6.45) is 2.81. The van der Waals surface area contributed by atoms with E-state index in [4.69, 9.17) is 5.73 Å². The maximum Gasteiger partial charge on any atom is 0.0411 e. The molecule has 0 unspecified atom stereocenters. The Balaban J connectivity index is 1.90. The van der Waals surface area contributed by atoms with Gasteiger partial charge >= 0.3 is 0 Å². The van der Waals surface area contributed by atoms with Crippen LogP contribution in [-0.2, 0) is 6.42 Å². The minimum atomic E-state index is 0.783. The van der Waals surface area contributed by atoms with Gasteiger partial charge in [-0.3, -0.25) is 4.98 Å². The van der Waals surface area contributed by atoms with E-state index in [2.05, 4.69) is 27.0 Å². The van der Waals surface area contributed by atoms with E-state index in [0.29, 0.717) is 0 Å². The Hall–Kier alpha value is -1.00. The number of aryl methyl sites for hydroxylation is 1. The Kier molecular flexibility index (Phi) is 4.45. The molecule has 88 valence electrons. The van der Waals surface area contributed by atoms with Crippen molar-refractivity contribution in [2.24, 2.45) is 0 Å². The van der Waals surface area contributed by atoms with Crippen LogP contribution in [0.25, 0.3) is 0 Å². The minimum Gasteiger partial charge on any atom is -0.399 e. The van der Waals surface area contributed by atoms with Crippen LogP contribution in [0, 0.1) is 0 Å². The van der Waals surface area contributed by atoms with E-state index in [1.165, 1.54) is 4.90 Å². The van der Waals surface area contributed by atoms with Gasteiger partial charge in [0.05, 0.1) is 0 Å². The second-order valence-electron chi connectivity index (χ2n) is 3.61. The van der Waals surface area contributed by atoms with Crippen molar-refractivity contribution in [1.29, 1.82) is 0 Å². The molecule has 17 heavy (non-hydrogen) atoms. The van der Waals surface area contributed by atoms with E-state index < -0.39 is 0 Å². The fourth-order valence-electron chi connectivity index (χ4n) is 1.45. The summed E-state index contributed by atoms with van der Waals surface area (Å²) < 4.78 is 1.06. The number of hydrogen-bond acceptors (Lipinski definition) is 3. The van der Waals surface area contributed by atoms with Crippen molar-refractivity contribution >= 4 is 33.4 Å². The maximum atomic E-state index is 5.70. The number of nitrogen functional groups attached to an aromatic ring is 1. The third-order valence-corrected chi connectivity index (χ3v) is 4.29. The van der Waals surface area contributed by atoms with Crippen LogP contribution in [0.1, 0.15) is 5.69 Å². The monoisotopic (exact) mass is 308 g/mol. The fourth-order valence-corrected chi connectivity index (χ4v) is 3.08. The molecule has 2 N–H and O–H groups in total. The zero-order valence-electron chi connectivity index (χ0n) is 9.27. The second kappa shape index (κ2) is 6.07. The summed E-state index contributed by atoms with van der Waals surface area (Å²) in [5.74, 6) is 1.01. The number of halogens is 1. The SMILES string of the molecule is Nc1ccc(SCCc2ccccn2)c(Br)c1. The maximum absolute atomic E-state index is 5.70. The normalized spacial score (nSPS) is 10.4. The largest absolute Gasteiger partial charge is 0.399 e. The summed E-state index contributed by atoms with van der Waals surface area (Å²) in [4.78, 5) is 5.52. The third kappa shape index (κ3) is 3.75. The highest BCUT2D eigenvalue weighted by Crippen LogP contribution is 2.29. The van der Waals surface area contributed by atoms with Gasteiger partial charge < -0.3 is 5.73 Å². The zero-order chi connectivity index (χ0) is 12.1. The highest BCUT2D eigenvalue weighted by atomic mass is 79.9. The van der Waals surface area contributed by atoms with Gasteiger partial charge in [0.25, 0.3) is 0 Å². The number of benzene rings is 1. The Bertz CT molecular complexity index is 488. The van der Waals surface area contributed by atoms with Crippen LogP contribution in [-0.4, -0.2) is 10.7 Å². The molecular weight excluding hydrogens is 296 g/mol. The molecule has 1 aromatic carbocycles. The van der Waals surface area contributed by atoms with Crippen molar-refractivity contribution in [3.63, 3.8) is 0 Å². The Morgan fingerprint density at radius 3 is 2.82 bits per heavy atom. The lowest BCUT2D eigenvalue weighted by molar-refractivity contribution is 1.05. The first-order chi connectivity index (χ1) is 8.25. The van der Waals surface area contributed by atoms with Gasteiger partial charge in [-0.2, -0.15) is 0 Å². The highest BCUT2D eigenvalue weighted by Gasteiger charge is 2.01. The van der Waals surface area contributed by atoms with E-state index in [9.17, 15) is 0 Å². The minimum absolute atomic E-state index is 0.783. The van der Waals surface area contributed by atoms with Crippen molar-refractivity contribution in [2.45, 2.75) is 11.3 Å². The number of hydrogen-bond donors (Lipinski definition) is 1. The summed E-state index contributed by atoms with van der Waals surface area (Å²) in [7, 11) is 0. The van der Waals surface area contributed by atoms with E-state index in [0.717, 1.165) is 28.0 Å². The van der Waals surface area contributed by atoms with Crippen LogP contribution in [0.15, 0.2) is 52.0 Å². The van der Waals surface area contributed by atoms with Crippen molar-refractivity contribution in [2.75, 3.05) is 11.5 Å². The molecule has 0 spiro atoms. The molecule has 0 radical (unpaired) electrons. The lowest BCUT2D eigenvalue weighted by atomic mass is 10.3. The van der Waals surface area contributed by atoms with Crippen LogP contribution in [0.5, 0.6) is 0 Å². The van der Waals surface area contributed by atoms with E-state index in [1.807, 2.05) is 48.3 Å². The molecule has 0 saturated carbocycles. The number of rotatable bonds is 4. The molecule has 0 aliphatic heterocycles. The molecule has 0 aliphatic rings. The van der Waals surface area contributed by atoms with Gasteiger partial charge in [-0.05, 0) is 52.7 Å². The van der Waals surface area contributed by atoms with Crippen molar-refractivity contribution in [1.82, 2.24) is 4.98 Å². The quantitative estimate of drug-likeness (QED) is 0.690. The number of nitrogens with zero attached hydrogens (tertiary/aromatic N) is 1. The average molecular weight is 309 g/mol. The molecule has 0 bridgehead atoms. The average Bonchev–Trinajstić information content (AvgIpc) is 2.33. The smallest absolute Gasteiger partial charge is 0.0411 e. The van der Waals surface area contributed by atoms with Crippen molar-refractivity contribution in [3.05, 3.63) is 52.8 Å². The molecule has 1 heterocycles. The summed E-state index contributed by atoms with van der Waals surface area (Å²) in [5, 5.41) is 0. The van der Waals surface area contributed by atoms with Gasteiger partial charge in [0.1, 0.15) is 0 Å². The zero-order valence-corrected chi connectivity index (χ0v) is 11.7. The molecular formula is C13H13BrN2S. The summed E-state index contributed by atoms with van der Waals surface area (Å²) in [5.41, 5.74) is 7.61. The second-order valence-corrected chi connectivity index (χ2v) is 5.60. The van der Waals surface area contributed by atoms with Gasteiger partial charge in [-0.15, -0.1) is 11.8 Å². The predicted molar refractivity (Wildman–Crippen MR) is 77.2 cm³/mol. The molecule has 0 saturated heterocycles. The molecule has 4 heteroatoms. The standard InChI is InChI=1S/C13H13BrN2S/c14-12-9-10(15)4-5-13(12)17-8-6-11-3-1-2-7-16-11/h1-5,7,9H,6,8,15H2. The van der Waals surface area contributed by atoms with Crippen molar-refractivity contribution < 1.29 is 0 Å². The Labute approximate surface area is 114 Å². The summed E-state index contributed by atoms with van der Waals surface area (Å²) in [6.45, 7) is 0. The van der Waals surface area contributed by atoms with Crippen LogP contribution in [0.4, 0.5) is 5.69 Å². The van der Waals surface area contributed by atoms with E-state index in [1.54, 1.807) is 0 Å². The third-order valence-electron chi connectivity index (χ3n) is 2.30. The first kappa shape index (κ1) is 12.5. The first-order valence-electron chi connectivity index (χ1n) is 5.33. The van der Waals surface area contributed by atoms with Crippen molar-refractivity contribution in [3.8, 4) is 0 Å². The van der Waals surface area contributed by atoms with E-state index in [-0.39, 0.29) is 0 Å². The number of nitrogens with two attached hydrogens (primary N) is 1. The lowest BCUT2D eigenvalue weighted by Gasteiger charge is -2.05. The highest BCUT2D eigenvalue weighted by molar-refractivity contribution is 9.10. The molecule has 0 fully saturated rings. The predicted octanol–water partition coefficient (Wildman–Crippen LogP) is 3.76. The van der Waals surface area contributed by atoms with Gasteiger partial charge in [-0.1, -0.05) is 6.07 Å². The number of thioether (sulfide) groups is 1. The van der Waals surface area contributed by atoms with Gasteiger partial charge in [0.15, 0.2) is 0 Å². The van der Waals surface area contributed by atoms with Crippen LogP contribution >= 0.6 is 27.7 Å². The van der Waals surface area contributed by atoms with Crippen LogP contribution < -0.4 is 5.73 Å². The molecule has 2 nitrogen and oxygen atoms in total. The summed E-state index contributed by atoms with van der Waals surface area (Å²) in [6, 6.07) is 11.9. The molecule has 2 aromatic rings. The van der Waals surface area contributed by atoms with Gasteiger partial charge in [-0.25, -0.2) is 0 Å². The van der Waals surface area contributed by atoms with Crippen LogP contribution in [0.2, 0.25) is 0 Å². The molecule has 0 amide bonds. The van der Waals surface area contributed by atoms with Gasteiger partial charge in [0.2, 0.25) is 0 Å². The van der Waals surface area contributed by atoms with Crippen LogP contribution in [0.3, 0.4) is 0 Å². The lowest BCUT2D eigenvalue weighted by Crippen LogP contribution is -1.92.